The summed E-state index contributed by atoms with van der Waals surface area (Å²) < 4.78 is 43.0. The summed E-state index contributed by atoms with van der Waals surface area (Å²) in [6.07, 6.45) is 13.4. The topological polar surface area (TPSA) is 66.5 Å². The second kappa shape index (κ2) is 21.7. The maximum atomic E-state index is 13.0. The second-order valence-electron chi connectivity index (χ2n) is 16.5. The van der Waals surface area contributed by atoms with E-state index in [0.717, 1.165) is 89.5 Å². The molecule has 4 saturated heterocycles. The fourth-order valence-electron chi connectivity index (χ4n) is 8.40. The van der Waals surface area contributed by atoms with E-state index in [0.29, 0.717) is 37.7 Å². The Morgan fingerprint density at radius 3 is 1.69 bits per heavy atom. The number of likely N-dealkylation sites (tertiary alicyclic amines) is 3. The SMILES string of the molecule is Cl.Cl.FCC1(COC[C@@H]2CCCN(C3CCNCC3)C2)CC1.O=C(OCc1ccccc1)N1CCC(N2CCC[C@@H](COCC3(CF)CC3)C2)CC1. The van der Waals surface area contributed by atoms with Crippen LogP contribution in [0.25, 0.3) is 0 Å². The molecule has 8 nitrogen and oxygen atoms in total. The van der Waals surface area contributed by atoms with E-state index < -0.39 is 0 Å². The van der Waals surface area contributed by atoms with Crippen LogP contribution >= 0.6 is 24.8 Å². The minimum absolute atomic E-state index is 0. The highest BCUT2D eigenvalue weighted by molar-refractivity contribution is 5.85. The van der Waals surface area contributed by atoms with Crippen LogP contribution < -0.4 is 5.32 Å². The van der Waals surface area contributed by atoms with Crippen LogP contribution in [0.1, 0.15) is 82.6 Å². The third kappa shape index (κ3) is 13.2. The van der Waals surface area contributed by atoms with Crippen LogP contribution in [0.2, 0.25) is 0 Å². The van der Waals surface area contributed by atoms with Crippen molar-refractivity contribution in [3.05, 3.63) is 35.9 Å². The van der Waals surface area contributed by atoms with E-state index in [-0.39, 0.29) is 55.1 Å². The summed E-state index contributed by atoms with van der Waals surface area (Å²) in [4.78, 5) is 19.5. The van der Waals surface area contributed by atoms with Crippen LogP contribution in [0.5, 0.6) is 0 Å². The first kappa shape index (κ1) is 43.5. The van der Waals surface area contributed by atoms with Gasteiger partial charge >= 0.3 is 6.09 Å². The molecule has 0 unspecified atom stereocenters. The number of nitrogens with zero attached hydrogens (tertiary/aromatic N) is 3. The Kier molecular flexibility index (Phi) is 18.2. The van der Waals surface area contributed by atoms with Gasteiger partial charge in [0.25, 0.3) is 0 Å². The molecule has 1 aromatic carbocycles. The van der Waals surface area contributed by atoms with E-state index >= 15 is 0 Å². The zero-order valence-electron chi connectivity index (χ0n) is 31.3. The lowest BCUT2D eigenvalue weighted by molar-refractivity contribution is 0.0119. The molecule has 2 atom stereocenters. The molecule has 7 rings (SSSR count). The molecule has 1 aromatic rings. The number of ether oxygens (including phenoxy) is 3. The zero-order chi connectivity index (χ0) is 34.7. The summed E-state index contributed by atoms with van der Waals surface area (Å²) in [5.74, 6) is 1.21. The van der Waals surface area contributed by atoms with E-state index in [9.17, 15) is 13.6 Å². The molecule has 12 heteroatoms. The number of nitrogens with one attached hydrogen (secondary N) is 1. The molecule has 0 spiro atoms. The molecular weight excluding hydrogens is 709 g/mol. The van der Waals surface area contributed by atoms with Crippen molar-refractivity contribution in [2.24, 2.45) is 22.7 Å². The maximum Gasteiger partial charge on any atom is 0.410 e. The molecule has 52 heavy (non-hydrogen) atoms. The van der Waals surface area contributed by atoms with E-state index in [1.807, 2.05) is 35.2 Å². The molecule has 4 heterocycles. The highest BCUT2D eigenvalue weighted by Crippen LogP contribution is 2.47. The molecule has 4 aliphatic heterocycles. The molecule has 1 N–H and O–H groups in total. The van der Waals surface area contributed by atoms with Crippen molar-refractivity contribution < 1.29 is 27.8 Å². The minimum Gasteiger partial charge on any atom is -0.445 e. The van der Waals surface area contributed by atoms with Gasteiger partial charge in [0.2, 0.25) is 0 Å². The number of rotatable bonds is 14. The van der Waals surface area contributed by atoms with Gasteiger partial charge in [-0.1, -0.05) is 30.3 Å². The minimum atomic E-state index is -0.240. The Morgan fingerprint density at radius 2 is 1.21 bits per heavy atom. The van der Waals surface area contributed by atoms with E-state index in [1.165, 1.54) is 64.7 Å². The van der Waals surface area contributed by atoms with Crippen molar-refractivity contribution >= 4 is 30.9 Å². The molecule has 2 aliphatic carbocycles. The average Bonchev–Trinajstić information content (AvgIpc) is 4.13. The fraction of sp³-hybridized carbons (Fsp3) is 0.825. The standard InChI is InChI=1S/C24H35FN2O3.C16H29FN2O.2ClH/c25-18-24(10-11-24)19-29-16-21-7-4-12-27(15-21)22-8-13-26(14-9-22)23(28)30-17-20-5-2-1-3-6-20;17-12-16(5-6-16)13-20-11-14-2-1-9-19(10-14)15-3-7-18-8-4-15;;/h1-3,5-6,21-22H,4,7-19H2;14-15,18H,1-13H2;2*1H/t21-;14-;;/m11../s1. The molecule has 6 fully saturated rings. The number of hydrogen-bond donors (Lipinski definition) is 1. The summed E-state index contributed by atoms with van der Waals surface area (Å²) in [6, 6.07) is 11.1. The first-order chi connectivity index (χ1) is 24.5. The normalized spacial score (nSPS) is 26.2. The molecule has 0 aromatic heterocycles. The molecule has 0 radical (unpaired) electrons. The van der Waals surface area contributed by atoms with Crippen LogP contribution in [-0.2, 0) is 20.8 Å². The van der Waals surface area contributed by atoms with Gasteiger partial charge in [0.1, 0.15) is 6.61 Å². The van der Waals surface area contributed by atoms with Crippen LogP contribution in [0.4, 0.5) is 13.6 Å². The van der Waals surface area contributed by atoms with Gasteiger partial charge in [-0.25, -0.2) is 4.79 Å². The van der Waals surface area contributed by atoms with Gasteiger partial charge in [-0.05, 0) is 121 Å². The number of alkyl halides is 2. The summed E-state index contributed by atoms with van der Waals surface area (Å²) >= 11 is 0. The largest absolute Gasteiger partial charge is 0.445 e. The number of hydrogen-bond acceptors (Lipinski definition) is 7. The summed E-state index contributed by atoms with van der Waals surface area (Å²) in [7, 11) is 0. The maximum absolute atomic E-state index is 13.0. The van der Waals surface area contributed by atoms with Crippen molar-refractivity contribution in [2.45, 2.75) is 95.7 Å². The summed E-state index contributed by atoms with van der Waals surface area (Å²) in [5, 5.41) is 3.44. The van der Waals surface area contributed by atoms with Gasteiger partial charge in [-0.2, -0.15) is 0 Å². The Bertz CT molecular complexity index is 1150. The molecule has 1 amide bonds. The van der Waals surface area contributed by atoms with Crippen LogP contribution in [0.3, 0.4) is 0 Å². The third-order valence-electron chi connectivity index (χ3n) is 12.4. The summed E-state index contributed by atoms with van der Waals surface area (Å²) in [6.45, 7) is 11.2. The molecular formula is C40H66Cl2F2N4O4. The van der Waals surface area contributed by atoms with Gasteiger partial charge < -0.3 is 24.4 Å². The predicted molar refractivity (Wildman–Crippen MR) is 207 cm³/mol. The monoisotopic (exact) mass is 774 g/mol. The first-order valence-corrected chi connectivity index (χ1v) is 19.9. The Morgan fingerprint density at radius 1 is 0.712 bits per heavy atom. The Balaban J connectivity index is 0.000000241. The number of benzene rings is 1. The molecule has 298 valence electrons. The van der Waals surface area contributed by atoms with Crippen molar-refractivity contribution in [1.82, 2.24) is 20.0 Å². The van der Waals surface area contributed by atoms with Crippen molar-refractivity contribution in [3.8, 4) is 0 Å². The molecule has 2 saturated carbocycles. The van der Waals surface area contributed by atoms with Gasteiger partial charge in [0.15, 0.2) is 0 Å². The quantitative estimate of drug-likeness (QED) is 0.213. The van der Waals surface area contributed by atoms with Crippen LogP contribution in [-0.4, -0.2) is 125 Å². The van der Waals surface area contributed by atoms with Crippen LogP contribution in [0, 0.1) is 22.7 Å². The lowest BCUT2D eigenvalue weighted by atomic mass is 9.94. The van der Waals surface area contributed by atoms with E-state index in [1.54, 1.807) is 0 Å². The predicted octanol–water partition coefficient (Wildman–Crippen LogP) is 7.33. The highest BCUT2D eigenvalue weighted by atomic mass is 35.5. The van der Waals surface area contributed by atoms with Gasteiger partial charge in [-0.3, -0.25) is 18.6 Å². The fourth-order valence-corrected chi connectivity index (χ4v) is 8.40. The van der Waals surface area contributed by atoms with Crippen molar-refractivity contribution in [2.75, 3.05) is 92.1 Å². The summed E-state index contributed by atoms with van der Waals surface area (Å²) in [5.41, 5.74) is 0.793. The van der Waals surface area contributed by atoms with Crippen molar-refractivity contribution in [3.63, 3.8) is 0 Å². The van der Waals surface area contributed by atoms with Gasteiger partial charge in [-0.15, -0.1) is 24.8 Å². The zero-order valence-corrected chi connectivity index (χ0v) is 33.0. The number of piperidine rings is 4. The number of amides is 1. The number of carbonyl (C=O) groups excluding carboxylic acids is 1. The smallest absolute Gasteiger partial charge is 0.410 e. The van der Waals surface area contributed by atoms with Crippen LogP contribution in [0.15, 0.2) is 30.3 Å². The second-order valence-corrected chi connectivity index (χ2v) is 16.5. The molecule has 0 bridgehead atoms. The average molecular weight is 776 g/mol. The molecule has 6 aliphatic rings. The van der Waals surface area contributed by atoms with Crippen molar-refractivity contribution in [1.29, 1.82) is 0 Å². The van der Waals surface area contributed by atoms with E-state index in [4.69, 9.17) is 14.2 Å². The lowest BCUT2D eigenvalue weighted by Crippen LogP contribution is -2.50. The van der Waals surface area contributed by atoms with Gasteiger partial charge in [0, 0.05) is 49.1 Å². The Labute approximate surface area is 324 Å². The highest BCUT2D eigenvalue weighted by Gasteiger charge is 2.44. The van der Waals surface area contributed by atoms with E-state index in [2.05, 4.69) is 15.1 Å². The number of halogens is 4. The first-order valence-electron chi connectivity index (χ1n) is 19.9. The van der Waals surface area contributed by atoms with Gasteiger partial charge in [0.05, 0.1) is 39.8 Å². The lowest BCUT2D eigenvalue weighted by Gasteiger charge is -2.42. The number of carbonyl (C=O) groups is 1. The third-order valence-corrected chi connectivity index (χ3v) is 12.4. The Hall–Kier alpha value is -1.27.